The lowest BCUT2D eigenvalue weighted by atomic mass is 10.1. The fourth-order valence-electron chi connectivity index (χ4n) is 5.99. The monoisotopic (exact) mass is 664 g/mol. The highest BCUT2D eigenvalue weighted by Crippen LogP contribution is 2.45. The minimum Gasteiger partial charge on any atom is -0.496 e. The molecular weight excluding hydrogens is 627 g/mol. The van der Waals surface area contributed by atoms with Crippen LogP contribution in [0, 0.1) is 0 Å². The molecule has 0 unspecified atom stereocenters. The Morgan fingerprint density at radius 2 is 0.878 bits per heavy atom. The van der Waals surface area contributed by atoms with Crippen molar-refractivity contribution in [1.29, 1.82) is 0 Å². The Morgan fingerprint density at radius 1 is 0.429 bits per heavy atom. The summed E-state index contributed by atoms with van der Waals surface area (Å²) >= 11 is 0. The van der Waals surface area contributed by atoms with Crippen LogP contribution in [0.15, 0.2) is 158 Å². The van der Waals surface area contributed by atoms with Crippen LogP contribution in [0.2, 0.25) is 0 Å². The average molecular weight is 665 g/mol. The predicted octanol–water partition coefficient (Wildman–Crippen LogP) is 8.87. The van der Waals surface area contributed by atoms with Gasteiger partial charge < -0.3 is 23.7 Å². The predicted molar refractivity (Wildman–Crippen MR) is 200 cm³/mol. The van der Waals surface area contributed by atoms with E-state index in [1.807, 2.05) is 72.8 Å². The molecule has 0 aromatic heterocycles. The van der Waals surface area contributed by atoms with Crippen molar-refractivity contribution in [3.8, 4) is 17.2 Å². The fraction of sp³-hybridized carbons (Fsp3) is 0.116. The van der Waals surface area contributed by atoms with E-state index >= 15 is 0 Å². The van der Waals surface area contributed by atoms with Gasteiger partial charge in [0.25, 0.3) is 0 Å². The second-order valence-corrected chi connectivity index (χ2v) is 13.6. The van der Waals surface area contributed by atoms with Gasteiger partial charge in [-0.3, -0.25) is 0 Å². The van der Waals surface area contributed by atoms with Crippen LogP contribution in [0.4, 0.5) is 0 Å². The summed E-state index contributed by atoms with van der Waals surface area (Å²) in [5, 5.41) is 7.32. The largest absolute Gasteiger partial charge is 0.496 e. The van der Waals surface area contributed by atoms with Crippen LogP contribution in [0.1, 0.15) is 11.1 Å². The molecule has 0 aliphatic rings. The number of hydrogen-bond acceptors (Lipinski definition) is 5. The van der Waals surface area contributed by atoms with Crippen LogP contribution in [0.3, 0.4) is 0 Å². The molecule has 0 amide bonds. The van der Waals surface area contributed by atoms with Gasteiger partial charge in [0.1, 0.15) is 17.2 Å². The standard InChI is InChI=1S/C43H37O5P/c1-44-38-22-12-13-23-39(38)49(40-26-24-34-18-8-10-20-36(34)42(40)47-30-45-28-32-14-4-2-5-15-32)41-27-25-35-19-9-11-21-37(35)43(41)48-31-46-29-33-16-6-3-7-17-33/h2-27H,28-31H2,1H3. The summed E-state index contributed by atoms with van der Waals surface area (Å²) in [5.74, 6) is 2.36. The molecule has 0 atom stereocenters. The number of fused-ring (bicyclic) bond motifs is 2. The topological polar surface area (TPSA) is 46.2 Å². The normalized spacial score (nSPS) is 11.2. The third-order valence-electron chi connectivity index (χ3n) is 8.32. The van der Waals surface area contributed by atoms with Gasteiger partial charge in [0.2, 0.25) is 0 Å². The first-order valence-electron chi connectivity index (χ1n) is 16.3. The Hall–Kier alpha value is -5.19. The van der Waals surface area contributed by atoms with Gasteiger partial charge in [-0.1, -0.05) is 140 Å². The van der Waals surface area contributed by atoms with Crippen molar-refractivity contribution in [3.63, 3.8) is 0 Å². The lowest BCUT2D eigenvalue weighted by Gasteiger charge is -2.27. The first kappa shape index (κ1) is 32.4. The quantitative estimate of drug-likeness (QED) is 0.0661. The van der Waals surface area contributed by atoms with E-state index in [0.717, 1.165) is 65.8 Å². The number of benzene rings is 7. The lowest BCUT2D eigenvalue weighted by molar-refractivity contribution is 0.00645. The molecule has 0 saturated heterocycles. The van der Waals surface area contributed by atoms with E-state index in [2.05, 4.69) is 84.9 Å². The summed E-state index contributed by atoms with van der Waals surface area (Å²) in [6.07, 6.45) is 0. The van der Waals surface area contributed by atoms with Gasteiger partial charge in [-0.05, 0) is 48.0 Å². The number of ether oxygens (including phenoxy) is 5. The van der Waals surface area contributed by atoms with E-state index in [1.54, 1.807) is 7.11 Å². The maximum atomic E-state index is 6.63. The fourth-order valence-corrected chi connectivity index (χ4v) is 8.61. The molecule has 0 bridgehead atoms. The zero-order valence-electron chi connectivity index (χ0n) is 27.3. The Bertz CT molecular complexity index is 2000. The Morgan fingerprint density at radius 3 is 1.39 bits per heavy atom. The highest BCUT2D eigenvalue weighted by Gasteiger charge is 2.28. The maximum Gasteiger partial charge on any atom is 0.189 e. The highest BCUT2D eigenvalue weighted by atomic mass is 31.1. The van der Waals surface area contributed by atoms with Gasteiger partial charge in [0.15, 0.2) is 13.6 Å². The third kappa shape index (κ3) is 7.45. The molecule has 7 rings (SSSR count). The molecule has 49 heavy (non-hydrogen) atoms. The molecule has 0 aliphatic carbocycles. The van der Waals surface area contributed by atoms with Crippen molar-refractivity contribution in [1.82, 2.24) is 0 Å². The smallest absolute Gasteiger partial charge is 0.189 e. The zero-order valence-corrected chi connectivity index (χ0v) is 28.2. The minimum atomic E-state index is -1.28. The maximum absolute atomic E-state index is 6.63. The summed E-state index contributed by atoms with van der Waals surface area (Å²) < 4.78 is 31.4. The van der Waals surface area contributed by atoms with Crippen molar-refractivity contribution < 1.29 is 23.7 Å². The molecule has 0 N–H and O–H groups in total. The van der Waals surface area contributed by atoms with E-state index < -0.39 is 7.92 Å². The van der Waals surface area contributed by atoms with Crippen molar-refractivity contribution >= 4 is 45.4 Å². The van der Waals surface area contributed by atoms with E-state index in [-0.39, 0.29) is 13.6 Å². The molecule has 0 aliphatic heterocycles. The van der Waals surface area contributed by atoms with Gasteiger partial charge in [0, 0.05) is 26.7 Å². The molecule has 244 valence electrons. The van der Waals surface area contributed by atoms with E-state index in [1.165, 1.54) is 0 Å². The summed E-state index contributed by atoms with van der Waals surface area (Å²) in [7, 11) is 0.443. The van der Waals surface area contributed by atoms with Crippen molar-refractivity contribution in [2.75, 3.05) is 20.7 Å². The molecule has 7 aromatic carbocycles. The summed E-state index contributed by atoms with van der Waals surface area (Å²) in [5.41, 5.74) is 2.18. The molecular formula is C43H37O5P. The number of hydrogen-bond donors (Lipinski definition) is 0. The van der Waals surface area contributed by atoms with Crippen molar-refractivity contribution in [2.45, 2.75) is 13.2 Å². The molecule has 6 heteroatoms. The molecule has 0 spiro atoms. The van der Waals surface area contributed by atoms with E-state index in [0.29, 0.717) is 13.2 Å². The zero-order chi connectivity index (χ0) is 33.3. The van der Waals surface area contributed by atoms with Gasteiger partial charge in [-0.2, -0.15) is 0 Å². The van der Waals surface area contributed by atoms with E-state index in [9.17, 15) is 0 Å². The SMILES string of the molecule is COc1ccccc1P(c1ccc2ccccc2c1OCOCc1ccccc1)c1ccc2ccccc2c1OCOCc1ccccc1. The summed E-state index contributed by atoms with van der Waals surface area (Å²) in [6.45, 7) is 1.10. The Labute approximate surface area is 288 Å². The lowest BCUT2D eigenvalue weighted by Crippen LogP contribution is -2.26. The van der Waals surface area contributed by atoms with Gasteiger partial charge in [0.05, 0.1) is 20.3 Å². The van der Waals surface area contributed by atoms with Gasteiger partial charge in [-0.25, -0.2) is 0 Å². The van der Waals surface area contributed by atoms with Crippen LogP contribution in [0.25, 0.3) is 21.5 Å². The van der Waals surface area contributed by atoms with Gasteiger partial charge in [-0.15, -0.1) is 0 Å². The van der Waals surface area contributed by atoms with Gasteiger partial charge >= 0.3 is 0 Å². The highest BCUT2D eigenvalue weighted by molar-refractivity contribution is 7.80. The van der Waals surface area contributed by atoms with Crippen LogP contribution in [-0.4, -0.2) is 20.7 Å². The summed E-state index contributed by atoms with van der Waals surface area (Å²) in [4.78, 5) is 0. The molecule has 0 heterocycles. The summed E-state index contributed by atoms with van der Waals surface area (Å²) in [6, 6.07) is 53.8. The van der Waals surface area contributed by atoms with Crippen LogP contribution >= 0.6 is 7.92 Å². The Kier molecular flexibility index (Phi) is 10.4. The molecule has 7 aromatic rings. The Balaban J connectivity index is 1.33. The second kappa shape index (κ2) is 15.8. The average Bonchev–Trinajstić information content (AvgIpc) is 3.17. The minimum absolute atomic E-state index is 0.0966. The molecule has 0 radical (unpaired) electrons. The van der Waals surface area contributed by atoms with Crippen molar-refractivity contribution in [3.05, 3.63) is 169 Å². The number of para-hydroxylation sites is 1. The number of rotatable bonds is 14. The first-order valence-corrected chi connectivity index (χ1v) is 17.6. The number of methoxy groups -OCH3 is 1. The second-order valence-electron chi connectivity index (χ2n) is 11.5. The molecule has 0 saturated carbocycles. The van der Waals surface area contributed by atoms with E-state index in [4.69, 9.17) is 23.7 Å². The van der Waals surface area contributed by atoms with Crippen LogP contribution < -0.4 is 30.1 Å². The van der Waals surface area contributed by atoms with Crippen LogP contribution in [0.5, 0.6) is 17.2 Å². The molecule has 5 nitrogen and oxygen atoms in total. The third-order valence-corrected chi connectivity index (χ3v) is 10.8. The van der Waals surface area contributed by atoms with Crippen molar-refractivity contribution in [2.24, 2.45) is 0 Å². The van der Waals surface area contributed by atoms with Crippen LogP contribution in [-0.2, 0) is 22.7 Å². The molecule has 0 fully saturated rings. The first-order chi connectivity index (χ1) is 24.3.